The van der Waals surface area contributed by atoms with Gasteiger partial charge in [-0.2, -0.15) is 4.98 Å². The zero-order valence-corrected chi connectivity index (χ0v) is 47.1. The van der Waals surface area contributed by atoms with Crippen molar-refractivity contribution < 1.29 is 27.9 Å². The van der Waals surface area contributed by atoms with Gasteiger partial charge < -0.3 is 46.2 Å². The fourth-order valence-electron chi connectivity index (χ4n) is 8.93. The number of allylic oxidation sites excluding steroid dienone is 1. The van der Waals surface area contributed by atoms with E-state index < -0.39 is 38.7 Å². The Morgan fingerprint density at radius 1 is 0.986 bits per heavy atom. The average Bonchev–Trinajstić information content (AvgIpc) is 3.96. The maximum Gasteiger partial charge on any atom is 0.246 e. The van der Waals surface area contributed by atoms with Crippen molar-refractivity contribution in [1.29, 1.82) is 0 Å². The molecule has 3 heterocycles. The number of hydrogen-bond donors (Lipinski definition) is 6. The minimum Gasteiger partial charge on any atom is -0.495 e. The number of ether oxygens (including phenoxy) is 1. The molecule has 2 aromatic heterocycles. The minimum absolute atomic E-state index is 0.0906. The first kappa shape index (κ1) is 57.5. The summed E-state index contributed by atoms with van der Waals surface area (Å²) in [5.74, 6) is 0.612. The number of benzene rings is 3. The van der Waals surface area contributed by atoms with Crippen molar-refractivity contribution in [2.75, 3.05) is 56.3 Å². The van der Waals surface area contributed by atoms with Crippen molar-refractivity contribution in [1.82, 2.24) is 35.4 Å². The Kier molecular flexibility index (Phi) is 19.5. The lowest BCUT2D eigenvalue weighted by molar-refractivity contribution is -0.142. The molecule has 1 aliphatic rings. The molecular weight excluding hydrogens is 996 g/mol. The minimum atomic E-state index is -3.58. The number of amides is 2. The van der Waals surface area contributed by atoms with Crippen molar-refractivity contribution in [3.8, 4) is 16.2 Å². The predicted molar refractivity (Wildman–Crippen MR) is 300 cm³/mol. The highest BCUT2D eigenvalue weighted by Crippen LogP contribution is 2.37. The number of aryl methyl sites for hydroxylation is 2. The van der Waals surface area contributed by atoms with Crippen LogP contribution in [0.25, 0.3) is 10.4 Å². The highest BCUT2D eigenvalue weighted by Gasteiger charge is 2.44. The Morgan fingerprint density at radius 3 is 2.41 bits per heavy atom. The van der Waals surface area contributed by atoms with Crippen LogP contribution in [0.1, 0.15) is 103 Å². The summed E-state index contributed by atoms with van der Waals surface area (Å²) in [6, 6.07) is 15.2. The van der Waals surface area contributed by atoms with E-state index in [1.54, 1.807) is 63.5 Å². The van der Waals surface area contributed by atoms with Crippen LogP contribution in [0.4, 0.5) is 28.8 Å². The second-order valence-electron chi connectivity index (χ2n) is 20.7. The van der Waals surface area contributed by atoms with Gasteiger partial charge in [-0.05, 0) is 127 Å². The second-order valence-corrected chi connectivity index (χ2v) is 24.4. The zero-order valence-electron chi connectivity index (χ0n) is 44.7. The predicted octanol–water partition coefficient (Wildman–Crippen LogP) is 9.98. The first-order valence-corrected chi connectivity index (χ1v) is 28.0. The van der Waals surface area contributed by atoms with Crippen molar-refractivity contribution in [2.24, 2.45) is 5.41 Å². The number of sulfone groups is 1. The summed E-state index contributed by atoms with van der Waals surface area (Å²) in [6.07, 6.45) is 4.67. The van der Waals surface area contributed by atoms with Crippen LogP contribution in [-0.2, 0) is 25.8 Å². The van der Waals surface area contributed by atoms with Crippen LogP contribution in [-0.4, -0.2) is 114 Å². The van der Waals surface area contributed by atoms with E-state index in [2.05, 4.69) is 79.1 Å². The van der Waals surface area contributed by atoms with E-state index in [0.717, 1.165) is 83.8 Å². The zero-order chi connectivity index (χ0) is 54.1. The molecule has 16 nitrogen and oxygen atoms in total. The first-order valence-electron chi connectivity index (χ1n) is 25.2. The van der Waals surface area contributed by atoms with Crippen LogP contribution < -0.4 is 31.3 Å². The van der Waals surface area contributed by atoms with E-state index in [1.165, 1.54) is 11.1 Å². The van der Waals surface area contributed by atoms with Crippen LogP contribution in [0.5, 0.6) is 5.75 Å². The number of methoxy groups -OCH3 is 1. The van der Waals surface area contributed by atoms with Gasteiger partial charge in [-0.1, -0.05) is 69.6 Å². The molecule has 5 aromatic rings. The number of aliphatic hydroxyl groups is 1. The van der Waals surface area contributed by atoms with E-state index in [9.17, 15) is 23.1 Å². The number of nitrogens with zero attached hydrogens (tertiary/aromatic N) is 5. The Labute approximate surface area is 447 Å². The molecule has 6 N–H and O–H groups in total. The lowest BCUT2D eigenvalue weighted by Gasteiger charge is -2.36. The number of aromatic nitrogens is 3. The van der Waals surface area contributed by atoms with E-state index in [4.69, 9.17) is 16.3 Å². The quantitative estimate of drug-likeness (QED) is 0.0319. The number of nitrogens with one attached hydrogen (secondary N) is 5. The standard InChI is InChI=1S/C55H75ClN10O6S2/c1-33(2)60-50(55(8,9)10)53(69)66-31-40(67)29-46(66)52(68)61-36(6)39-20-21-41(49-37(7)59-32-73-49)44(27-39)57-23-16-13-17-24-65(11)25-22-38-28-47(72-12)45(26-35(38)5)63-54-58-30-42(56)51(64-54)62-43-18-14-15-19-48(43)74(70,71)34(3)4/h14-15,18-21,26-28,30,32,34,36,40,46,50,57,60,67H,1,13,16-17,22-25,29,31H2,2-12H3,(H,61,68)(H2,58,62,63,64)/t36-,40+,46-,50+/m0/s1. The van der Waals surface area contributed by atoms with E-state index >= 15 is 0 Å². The number of halogens is 1. The summed E-state index contributed by atoms with van der Waals surface area (Å²) in [7, 11) is 0.186. The van der Waals surface area contributed by atoms with Crippen LogP contribution in [0.3, 0.4) is 0 Å². The molecule has 1 aliphatic heterocycles. The van der Waals surface area contributed by atoms with Gasteiger partial charge in [0.25, 0.3) is 0 Å². The van der Waals surface area contributed by atoms with Crippen LogP contribution >= 0.6 is 22.9 Å². The summed E-state index contributed by atoms with van der Waals surface area (Å²) in [6.45, 7) is 23.6. The topological polar surface area (TPSA) is 203 Å². The number of likely N-dealkylation sites (N-methyl/N-ethyl adjacent to an activating group) is 1. The number of unbranched alkanes of at least 4 members (excludes halogenated alkanes) is 2. The number of para-hydroxylation sites is 1. The van der Waals surface area contributed by atoms with Gasteiger partial charge in [0, 0.05) is 43.0 Å². The summed E-state index contributed by atoms with van der Waals surface area (Å²) >= 11 is 8.09. The number of carbonyl (C=O) groups excluding carboxylic acids is 2. The third-order valence-corrected chi connectivity index (χ3v) is 16.7. The van der Waals surface area contributed by atoms with Gasteiger partial charge in [-0.3, -0.25) is 9.59 Å². The number of aliphatic hydroxyl groups excluding tert-OH is 1. The molecule has 6 rings (SSSR count). The Bertz CT molecular complexity index is 2890. The number of β-amino-alcohol motifs (C(OH)–C–C–N with tert-alkyl or cyclic N) is 1. The molecule has 400 valence electrons. The molecule has 0 unspecified atom stereocenters. The number of thiazole rings is 1. The molecule has 19 heteroatoms. The molecule has 0 radical (unpaired) electrons. The van der Waals surface area contributed by atoms with Crippen LogP contribution in [0.2, 0.25) is 5.02 Å². The molecule has 0 spiro atoms. The molecular formula is C55H75ClN10O6S2. The lowest BCUT2D eigenvalue weighted by Crippen LogP contribution is -2.56. The van der Waals surface area contributed by atoms with E-state index in [1.807, 2.05) is 58.3 Å². The Morgan fingerprint density at radius 2 is 1.73 bits per heavy atom. The molecule has 0 bridgehead atoms. The van der Waals surface area contributed by atoms with Gasteiger partial charge in [0.2, 0.25) is 17.8 Å². The lowest BCUT2D eigenvalue weighted by atomic mass is 9.85. The third-order valence-electron chi connectivity index (χ3n) is 13.3. The molecule has 1 saturated heterocycles. The summed E-state index contributed by atoms with van der Waals surface area (Å²) < 4.78 is 32.0. The Balaban J connectivity index is 1.01. The van der Waals surface area contributed by atoms with E-state index in [0.29, 0.717) is 22.8 Å². The first-order chi connectivity index (χ1) is 35.0. The average molecular weight is 1070 g/mol. The fraction of sp³-hybridized carbons (Fsp3) is 0.473. The van der Waals surface area contributed by atoms with Crippen molar-refractivity contribution >= 4 is 73.4 Å². The normalized spacial score (nSPS) is 15.7. The molecule has 3 aromatic carbocycles. The molecule has 0 saturated carbocycles. The largest absolute Gasteiger partial charge is 0.495 e. The van der Waals surface area contributed by atoms with Crippen molar-refractivity contribution in [3.63, 3.8) is 0 Å². The van der Waals surface area contributed by atoms with Gasteiger partial charge in [-0.15, -0.1) is 11.3 Å². The van der Waals surface area contributed by atoms with Gasteiger partial charge >= 0.3 is 0 Å². The van der Waals surface area contributed by atoms with Crippen LogP contribution in [0.15, 0.2) is 83.5 Å². The maximum absolute atomic E-state index is 13.9. The maximum atomic E-state index is 13.9. The highest BCUT2D eigenvalue weighted by atomic mass is 35.5. The summed E-state index contributed by atoms with van der Waals surface area (Å²) in [4.78, 5) is 46.4. The molecule has 1 fully saturated rings. The SMILES string of the molecule is C=C(C)N[C@H](C(=O)N1C[C@H](O)C[C@H]1C(=O)N[C@@H](C)c1ccc(-c2scnc2C)c(NCCCCCN(C)CCc2cc(OC)c(Nc3ncc(Cl)c(Nc4ccccc4S(=O)(=O)C(C)C)n3)cc2C)c1)C(C)(C)C. The van der Waals surface area contributed by atoms with Crippen LogP contribution in [0, 0.1) is 19.3 Å². The highest BCUT2D eigenvalue weighted by molar-refractivity contribution is 7.92. The van der Waals surface area contributed by atoms with E-state index in [-0.39, 0.29) is 52.5 Å². The van der Waals surface area contributed by atoms with Gasteiger partial charge in [0.15, 0.2) is 15.7 Å². The summed E-state index contributed by atoms with van der Waals surface area (Å²) in [5, 5.41) is 26.7. The molecule has 2 amide bonds. The monoisotopic (exact) mass is 1070 g/mol. The number of likely N-dealkylation sites (tertiary alicyclic amines) is 1. The number of hydrogen-bond acceptors (Lipinski definition) is 15. The van der Waals surface area contributed by atoms with Crippen molar-refractivity contribution in [2.45, 2.75) is 129 Å². The molecule has 0 aliphatic carbocycles. The number of anilines is 5. The molecule has 74 heavy (non-hydrogen) atoms. The summed E-state index contributed by atoms with van der Waals surface area (Å²) in [5.41, 5.74) is 9.23. The molecule has 4 atom stereocenters. The number of rotatable bonds is 24. The second kappa shape index (κ2) is 25.2. The van der Waals surface area contributed by atoms with Gasteiger partial charge in [0.05, 0.1) is 63.1 Å². The fourth-order valence-corrected chi connectivity index (χ4v) is 11.1. The third kappa shape index (κ3) is 14.5. The van der Waals surface area contributed by atoms with Gasteiger partial charge in [-0.25, -0.2) is 18.4 Å². The Hall–Kier alpha value is -5.79. The number of carbonyl (C=O) groups is 2. The smallest absolute Gasteiger partial charge is 0.246 e. The van der Waals surface area contributed by atoms with Crippen molar-refractivity contribution in [3.05, 3.63) is 106 Å². The van der Waals surface area contributed by atoms with Gasteiger partial charge in [0.1, 0.15) is 22.9 Å².